The SMILES string of the molecule is CCS(=O)(=O)N1CCC(c2c[nH]c3c(C(N)=O)cc(C(/C=C/CNCCCCCOC)=C/S)cc23)CC1. The number of carbonyl (C=O) groups is 1. The van der Waals surface area contributed by atoms with Crippen molar-refractivity contribution in [2.45, 2.75) is 44.9 Å². The minimum atomic E-state index is -3.19. The first-order chi connectivity index (χ1) is 17.8. The normalized spacial score (nSPS) is 16.2. The third-order valence-electron chi connectivity index (χ3n) is 6.97. The molecule has 0 radical (unpaired) electrons. The van der Waals surface area contributed by atoms with Gasteiger partial charge in [-0.25, -0.2) is 12.7 Å². The van der Waals surface area contributed by atoms with Gasteiger partial charge in [-0.3, -0.25) is 4.79 Å². The van der Waals surface area contributed by atoms with E-state index in [0.29, 0.717) is 24.2 Å². The Balaban J connectivity index is 1.75. The van der Waals surface area contributed by atoms with Crippen LogP contribution in [0.3, 0.4) is 0 Å². The second-order valence-corrected chi connectivity index (χ2v) is 11.9. The number of rotatable bonds is 14. The van der Waals surface area contributed by atoms with E-state index in [1.807, 2.05) is 18.3 Å². The van der Waals surface area contributed by atoms with Gasteiger partial charge in [0, 0.05) is 44.9 Å². The maximum atomic E-state index is 12.3. The summed E-state index contributed by atoms with van der Waals surface area (Å²) in [6.07, 6.45) is 10.8. The second kappa shape index (κ2) is 14.2. The lowest BCUT2D eigenvalue weighted by Crippen LogP contribution is -2.38. The maximum absolute atomic E-state index is 12.3. The maximum Gasteiger partial charge on any atom is 0.250 e. The molecular weight excluding hydrogens is 508 g/mol. The minimum Gasteiger partial charge on any atom is -0.385 e. The molecule has 0 aliphatic carbocycles. The summed E-state index contributed by atoms with van der Waals surface area (Å²) in [5.74, 6) is -0.186. The van der Waals surface area contributed by atoms with Crippen molar-refractivity contribution < 1.29 is 17.9 Å². The molecule has 2 heterocycles. The number of sulfonamides is 1. The Morgan fingerprint density at radius 1 is 1.27 bits per heavy atom. The van der Waals surface area contributed by atoms with Gasteiger partial charge in [-0.15, -0.1) is 0 Å². The van der Waals surface area contributed by atoms with E-state index in [1.54, 1.807) is 29.8 Å². The van der Waals surface area contributed by atoms with E-state index in [0.717, 1.165) is 73.9 Å². The number of allylic oxidation sites excluding steroid dienone is 2. The molecule has 1 saturated heterocycles. The number of nitrogens with one attached hydrogen (secondary N) is 2. The average molecular weight is 549 g/mol. The van der Waals surface area contributed by atoms with Crippen molar-refractivity contribution in [3.63, 3.8) is 0 Å². The van der Waals surface area contributed by atoms with E-state index in [9.17, 15) is 13.2 Å². The predicted molar refractivity (Wildman–Crippen MR) is 155 cm³/mol. The van der Waals surface area contributed by atoms with Gasteiger partial charge in [-0.05, 0) is 85.7 Å². The second-order valence-electron chi connectivity index (χ2n) is 9.37. The Morgan fingerprint density at radius 2 is 2.03 bits per heavy atom. The van der Waals surface area contributed by atoms with Crippen LogP contribution in [0.5, 0.6) is 0 Å². The van der Waals surface area contributed by atoms with E-state index in [1.165, 1.54) is 0 Å². The van der Waals surface area contributed by atoms with Crippen LogP contribution < -0.4 is 11.1 Å². The number of methoxy groups -OCH3 is 1. The molecule has 10 heteroatoms. The molecule has 0 unspecified atom stereocenters. The molecule has 0 spiro atoms. The molecular formula is C27H40N4O4S2. The number of hydrogen-bond donors (Lipinski definition) is 4. The zero-order valence-corrected chi connectivity index (χ0v) is 23.5. The Kier molecular flexibility index (Phi) is 11.3. The molecule has 1 fully saturated rings. The van der Waals surface area contributed by atoms with Gasteiger partial charge in [0.15, 0.2) is 0 Å². The van der Waals surface area contributed by atoms with Gasteiger partial charge in [-0.1, -0.05) is 12.2 Å². The third-order valence-corrected chi connectivity index (χ3v) is 9.13. The lowest BCUT2D eigenvalue weighted by atomic mass is 9.88. The van der Waals surface area contributed by atoms with Crippen molar-refractivity contribution in [1.82, 2.24) is 14.6 Å². The first-order valence-electron chi connectivity index (χ1n) is 13.0. The van der Waals surface area contributed by atoms with Crippen LogP contribution in [0.1, 0.15) is 66.4 Å². The van der Waals surface area contributed by atoms with Gasteiger partial charge in [0.25, 0.3) is 5.91 Å². The molecule has 1 aliphatic rings. The summed E-state index contributed by atoms with van der Waals surface area (Å²) < 4.78 is 31.2. The van der Waals surface area contributed by atoms with E-state index < -0.39 is 15.9 Å². The number of nitrogens with two attached hydrogens (primary N) is 1. The quantitative estimate of drug-likeness (QED) is 0.162. The largest absolute Gasteiger partial charge is 0.385 e. The summed E-state index contributed by atoms with van der Waals surface area (Å²) in [6.45, 7) is 5.15. The summed E-state index contributed by atoms with van der Waals surface area (Å²) in [5, 5.41) is 6.09. The fraction of sp³-hybridized carbons (Fsp3) is 0.519. The van der Waals surface area contributed by atoms with Gasteiger partial charge in [0.05, 0.1) is 16.8 Å². The molecule has 2 aromatic rings. The van der Waals surface area contributed by atoms with E-state index in [4.69, 9.17) is 10.5 Å². The molecule has 4 N–H and O–H groups in total. The molecule has 1 amide bonds. The number of amides is 1. The summed E-state index contributed by atoms with van der Waals surface area (Å²) >= 11 is 4.42. The number of piperidine rings is 1. The van der Waals surface area contributed by atoms with Crippen LogP contribution in [-0.4, -0.2) is 69.3 Å². The van der Waals surface area contributed by atoms with Crippen molar-refractivity contribution in [3.05, 3.63) is 52.6 Å². The molecule has 3 rings (SSSR count). The van der Waals surface area contributed by atoms with Crippen LogP contribution in [-0.2, 0) is 14.8 Å². The van der Waals surface area contributed by atoms with E-state index in [-0.39, 0.29) is 11.7 Å². The highest BCUT2D eigenvalue weighted by molar-refractivity contribution is 7.89. The van der Waals surface area contributed by atoms with Crippen molar-refractivity contribution in [2.75, 3.05) is 45.6 Å². The fourth-order valence-corrected chi connectivity index (χ4v) is 6.20. The topological polar surface area (TPSA) is 118 Å². The Hall–Kier alpha value is -2.11. The lowest BCUT2D eigenvalue weighted by Gasteiger charge is -2.31. The Morgan fingerprint density at radius 3 is 2.68 bits per heavy atom. The molecule has 0 saturated carbocycles. The number of nitrogens with zero attached hydrogens (tertiary/aromatic N) is 1. The number of ether oxygens (including phenoxy) is 1. The smallest absolute Gasteiger partial charge is 0.250 e. The van der Waals surface area contributed by atoms with Crippen LogP contribution in [0.2, 0.25) is 0 Å². The van der Waals surface area contributed by atoms with Crippen LogP contribution in [0.4, 0.5) is 0 Å². The van der Waals surface area contributed by atoms with Crippen LogP contribution in [0.15, 0.2) is 35.9 Å². The standard InChI is InChI=1S/C27H40N4O4S2/c1-3-37(33,34)31-13-9-20(10-14-31)25-18-30-26-23(25)16-22(17-24(26)27(28)32)21(19-36)8-7-12-29-11-5-4-6-15-35-2/h7-8,16-20,29-30,36H,3-6,9-15H2,1-2H3,(H2,28,32)/b8-7+,21-19+. The van der Waals surface area contributed by atoms with Gasteiger partial charge in [0.1, 0.15) is 0 Å². The molecule has 1 aromatic carbocycles. The number of thiol groups is 1. The van der Waals surface area contributed by atoms with E-state index >= 15 is 0 Å². The Labute approximate surface area is 226 Å². The van der Waals surface area contributed by atoms with Crippen LogP contribution in [0.25, 0.3) is 16.5 Å². The van der Waals surface area contributed by atoms with Gasteiger partial charge in [0.2, 0.25) is 10.0 Å². The molecule has 37 heavy (non-hydrogen) atoms. The number of unbranched alkanes of at least 4 members (excludes halogenated alkanes) is 2. The summed E-state index contributed by atoms with van der Waals surface area (Å²) in [7, 11) is -1.46. The number of aromatic amines is 1. The number of benzene rings is 1. The van der Waals surface area contributed by atoms with Crippen molar-refractivity contribution in [2.24, 2.45) is 5.73 Å². The van der Waals surface area contributed by atoms with Crippen molar-refractivity contribution >= 4 is 45.0 Å². The number of H-pyrrole nitrogens is 1. The lowest BCUT2D eigenvalue weighted by molar-refractivity contribution is 0.100. The fourth-order valence-electron chi connectivity index (χ4n) is 4.84. The monoisotopic (exact) mass is 548 g/mol. The molecule has 8 nitrogen and oxygen atoms in total. The van der Waals surface area contributed by atoms with Crippen molar-refractivity contribution in [3.8, 4) is 0 Å². The minimum absolute atomic E-state index is 0.117. The van der Waals surface area contributed by atoms with Crippen LogP contribution >= 0.6 is 12.6 Å². The number of fused-ring (bicyclic) bond motifs is 1. The van der Waals surface area contributed by atoms with Crippen LogP contribution in [0, 0.1) is 0 Å². The van der Waals surface area contributed by atoms with Gasteiger partial charge in [-0.2, -0.15) is 12.6 Å². The zero-order chi connectivity index (χ0) is 26.8. The highest BCUT2D eigenvalue weighted by Gasteiger charge is 2.29. The summed E-state index contributed by atoms with van der Waals surface area (Å²) in [5.41, 5.74) is 9.73. The molecule has 1 aromatic heterocycles. The third kappa shape index (κ3) is 7.70. The zero-order valence-electron chi connectivity index (χ0n) is 21.8. The summed E-state index contributed by atoms with van der Waals surface area (Å²) in [4.78, 5) is 15.6. The average Bonchev–Trinajstić information content (AvgIpc) is 3.33. The number of aromatic nitrogens is 1. The first-order valence-corrected chi connectivity index (χ1v) is 15.1. The molecule has 0 atom stereocenters. The predicted octanol–water partition coefficient (Wildman–Crippen LogP) is 4.03. The first kappa shape index (κ1) is 29.4. The molecule has 204 valence electrons. The highest BCUT2D eigenvalue weighted by atomic mass is 32.2. The van der Waals surface area contributed by atoms with Gasteiger partial charge >= 0.3 is 0 Å². The highest BCUT2D eigenvalue weighted by Crippen LogP contribution is 2.36. The molecule has 1 aliphatic heterocycles. The number of carbonyl (C=O) groups excluding carboxylic acids is 1. The summed E-state index contributed by atoms with van der Waals surface area (Å²) in [6, 6.07) is 3.87. The molecule has 0 bridgehead atoms. The Bertz CT molecular complexity index is 1210. The van der Waals surface area contributed by atoms with Crippen molar-refractivity contribution in [1.29, 1.82) is 0 Å². The number of hydrogen-bond acceptors (Lipinski definition) is 6. The van der Waals surface area contributed by atoms with E-state index in [2.05, 4.69) is 29.0 Å². The van der Waals surface area contributed by atoms with Gasteiger partial charge < -0.3 is 20.8 Å². The number of primary amides is 1.